The molecule has 2 aromatic carbocycles. The zero-order valence-corrected chi connectivity index (χ0v) is 21.2. The van der Waals surface area contributed by atoms with Gasteiger partial charge in [0.25, 0.3) is 0 Å². The lowest BCUT2D eigenvalue weighted by Crippen LogP contribution is -2.36. The number of dihydropyridines is 1. The number of ketones is 1. The zero-order chi connectivity index (χ0) is 25.8. The van der Waals surface area contributed by atoms with E-state index >= 15 is 4.39 Å². The fourth-order valence-corrected chi connectivity index (χ4v) is 5.06. The van der Waals surface area contributed by atoms with Gasteiger partial charge in [0, 0.05) is 29.0 Å². The molecule has 6 nitrogen and oxygen atoms in total. The molecule has 190 valence electrons. The van der Waals surface area contributed by atoms with Gasteiger partial charge >= 0.3 is 5.97 Å². The summed E-state index contributed by atoms with van der Waals surface area (Å²) < 4.78 is 31.4. The molecule has 1 aliphatic heterocycles. The Balaban J connectivity index is 1.75. The zero-order valence-electron chi connectivity index (χ0n) is 21.2. The Morgan fingerprint density at radius 3 is 2.53 bits per heavy atom. The summed E-state index contributed by atoms with van der Waals surface area (Å²) in [6.45, 7) is 4.06. The van der Waals surface area contributed by atoms with Gasteiger partial charge < -0.3 is 19.5 Å². The van der Waals surface area contributed by atoms with Crippen LogP contribution in [-0.4, -0.2) is 32.6 Å². The second-order valence-corrected chi connectivity index (χ2v) is 9.14. The van der Waals surface area contributed by atoms with E-state index < -0.39 is 17.7 Å². The fourth-order valence-electron chi connectivity index (χ4n) is 5.06. The fraction of sp³-hybridized carbons (Fsp3) is 0.379. The first-order chi connectivity index (χ1) is 17.4. The summed E-state index contributed by atoms with van der Waals surface area (Å²) in [7, 11) is 3.15. The molecule has 2 atom stereocenters. The predicted octanol–water partition coefficient (Wildman–Crippen LogP) is 5.55. The minimum atomic E-state index is -0.824. The summed E-state index contributed by atoms with van der Waals surface area (Å²) in [4.78, 5) is 26.8. The lowest BCUT2D eigenvalue weighted by molar-refractivity contribution is -0.139. The smallest absolute Gasteiger partial charge is 0.336 e. The van der Waals surface area contributed by atoms with Gasteiger partial charge in [0.05, 0.1) is 32.3 Å². The van der Waals surface area contributed by atoms with E-state index in [1.807, 2.05) is 25.1 Å². The number of nitrogens with one attached hydrogen (secondary N) is 1. The number of Topliss-reactive ketones (excluding diaryl/α,β-unsaturated/α-hetero) is 1. The van der Waals surface area contributed by atoms with Crippen molar-refractivity contribution in [1.29, 1.82) is 0 Å². The number of allylic oxidation sites excluding steroid dienone is 3. The number of esters is 1. The summed E-state index contributed by atoms with van der Waals surface area (Å²) in [5.74, 6) is -0.824. The number of ether oxygens (including phenoxy) is 3. The molecule has 1 heterocycles. The van der Waals surface area contributed by atoms with Crippen molar-refractivity contribution in [2.45, 2.75) is 51.4 Å². The summed E-state index contributed by atoms with van der Waals surface area (Å²) in [5, 5.41) is 3.30. The van der Waals surface area contributed by atoms with Crippen LogP contribution in [0.5, 0.6) is 11.5 Å². The highest BCUT2D eigenvalue weighted by Gasteiger charge is 2.42. The molecule has 36 heavy (non-hydrogen) atoms. The molecule has 7 heteroatoms. The maximum absolute atomic E-state index is 15.1. The van der Waals surface area contributed by atoms with Crippen LogP contribution in [0, 0.1) is 5.82 Å². The molecular weight excluding hydrogens is 461 g/mol. The minimum Gasteiger partial charge on any atom is -0.493 e. The van der Waals surface area contributed by atoms with Crippen molar-refractivity contribution in [3.63, 3.8) is 0 Å². The highest BCUT2D eigenvalue weighted by Crippen LogP contribution is 2.47. The van der Waals surface area contributed by atoms with E-state index in [2.05, 4.69) is 5.32 Å². The largest absolute Gasteiger partial charge is 0.493 e. The van der Waals surface area contributed by atoms with Crippen LogP contribution in [-0.2, 0) is 14.3 Å². The number of rotatable bonds is 8. The Bertz CT molecular complexity index is 1230. The third-order valence-electron chi connectivity index (χ3n) is 6.87. The standard InChI is InChI=1S/C29H32FNO5/c1-5-6-13-36-29(33)26-17(2)31-22-14-19(18-11-12-24(34-3)25(16-18)35-4)15-23(32)28(22)27(26)20-9-7-8-10-21(20)30/h7-12,16,19,27,31H,5-6,13-15H2,1-4H3/t19-,27-/m1/s1. The molecule has 0 bridgehead atoms. The number of hydrogen-bond acceptors (Lipinski definition) is 6. The molecule has 0 saturated carbocycles. The molecule has 2 aromatic rings. The van der Waals surface area contributed by atoms with Crippen molar-refractivity contribution in [1.82, 2.24) is 5.32 Å². The van der Waals surface area contributed by atoms with E-state index in [1.165, 1.54) is 6.07 Å². The highest BCUT2D eigenvalue weighted by atomic mass is 19.1. The molecule has 4 rings (SSSR count). The third kappa shape index (κ3) is 4.87. The quantitative estimate of drug-likeness (QED) is 0.384. The van der Waals surface area contributed by atoms with Crippen LogP contribution < -0.4 is 14.8 Å². The van der Waals surface area contributed by atoms with Gasteiger partial charge in [0.1, 0.15) is 5.82 Å². The predicted molar refractivity (Wildman–Crippen MR) is 134 cm³/mol. The number of carbonyl (C=O) groups is 2. The Morgan fingerprint density at radius 1 is 1.08 bits per heavy atom. The molecular formula is C29H32FNO5. The second-order valence-electron chi connectivity index (χ2n) is 9.14. The number of benzene rings is 2. The number of methoxy groups -OCH3 is 2. The van der Waals surface area contributed by atoms with Crippen LogP contribution in [0.3, 0.4) is 0 Å². The monoisotopic (exact) mass is 493 g/mol. The van der Waals surface area contributed by atoms with E-state index in [-0.39, 0.29) is 30.3 Å². The second kappa shape index (κ2) is 11.0. The number of carbonyl (C=O) groups excluding carboxylic acids is 2. The highest BCUT2D eigenvalue weighted by molar-refractivity contribution is 6.04. The first-order valence-corrected chi connectivity index (χ1v) is 12.3. The Kier molecular flexibility index (Phi) is 7.77. The van der Waals surface area contributed by atoms with E-state index in [0.717, 1.165) is 18.4 Å². The van der Waals surface area contributed by atoms with Crippen molar-refractivity contribution in [3.8, 4) is 11.5 Å². The summed E-state index contributed by atoms with van der Waals surface area (Å²) in [6.07, 6.45) is 2.39. The van der Waals surface area contributed by atoms with Crippen molar-refractivity contribution in [3.05, 3.63) is 81.9 Å². The van der Waals surface area contributed by atoms with Gasteiger partial charge in [-0.15, -0.1) is 0 Å². The van der Waals surface area contributed by atoms with E-state index in [0.29, 0.717) is 40.5 Å². The normalized spacial score (nSPS) is 19.5. The lowest BCUT2D eigenvalue weighted by atomic mass is 9.71. The number of halogens is 1. The van der Waals surface area contributed by atoms with Gasteiger partial charge in [0.15, 0.2) is 17.3 Å². The van der Waals surface area contributed by atoms with Gasteiger partial charge in [-0.2, -0.15) is 0 Å². The molecule has 0 fully saturated rings. The number of hydrogen-bond donors (Lipinski definition) is 1. The van der Waals surface area contributed by atoms with Gasteiger partial charge in [-0.05, 0) is 49.4 Å². The van der Waals surface area contributed by atoms with Gasteiger partial charge in [-0.1, -0.05) is 37.6 Å². The van der Waals surface area contributed by atoms with Crippen LogP contribution in [0.2, 0.25) is 0 Å². The van der Waals surface area contributed by atoms with Crippen LogP contribution in [0.4, 0.5) is 4.39 Å². The molecule has 0 saturated heterocycles. The Hall–Kier alpha value is -3.61. The van der Waals surface area contributed by atoms with Crippen LogP contribution in [0.1, 0.15) is 62.5 Å². The minimum absolute atomic E-state index is 0.101. The van der Waals surface area contributed by atoms with Gasteiger partial charge in [-0.3, -0.25) is 4.79 Å². The average molecular weight is 494 g/mol. The first-order valence-electron chi connectivity index (χ1n) is 12.3. The van der Waals surface area contributed by atoms with Crippen molar-refractivity contribution in [2.75, 3.05) is 20.8 Å². The molecule has 0 spiro atoms. The van der Waals surface area contributed by atoms with Crippen molar-refractivity contribution >= 4 is 11.8 Å². The molecule has 0 aromatic heterocycles. The Labute approximate surface area is 211 Å². The third-order valence-corrected chi connectivity index (χ3v) is 6.87. The Morgan fingerprint density at radius 2 is 1.83 bits per heavy atom. The molecule has 0 unspecified atom stereocenters. The summed E-state index contributed by atoms with van der Waals surface area (Å²) in [6, 6.07) is 12.0. The maximum atomic E-state index is 15.1. The van der Waals surface area contributed by atoms with Gasteiger partial charge in [0.2, 0.25) is 0 Å². The molecule has 2 aliphatic rings. The molecule has 0 radical (unpaired) electrons. The number of unbranched alkanes of at least 4 members (excludes halogenated alkanes) is 1. The van der Waals surface area contributed by atoms with Crippen LogP contribution >= 0.6 is 0 Å². The van der Waals surface area contributed by atoms with Crippen LogP contribution in [0.15, 0.2) is 65.0 Å². The lowest BCUT2D eigenvalue weighted by Gasteiger charge is -2.36. The van der Waals surface area contributed by atoms with Crippen molar-refractivity contribution < 1.29 is 28.2 Å². The summed E-state index contributed by atoms with van der Waals surface area (Å²) >= 11 is 0. The van der Waals surface area contributed by atoms with E-state index in [9.17, 15) is 9.59 Å². The van der Waals surface area contributed by atoms with Crippen LogP contribution in [0.25, 0.3) is 0 Å². The maximum Gasteiger partial charge on any atom is 0.336 e. The average Bonchev–Trinajstić information content (AvgIpc) is 2.87. The van der Waals surface area contributed by atoms with Gasteiger partial charge in [-0.25, -0.2) is 9.18 Å². The summed E-state index contributed by atoms with van der Waals surface area (Å²) in [5.41, 5.74) is 3.25. The van der Waals surface area contributed by atoms with E-state index in [4.69, 9.17) is 14.2 Å². The molecule has 1 aliphatic carbocycles. The molecule has 1 N–H and O–H groups in total. The topological polar surface area (TPSA) is 73.9 Å². The van der Waals surface area contributed by atoms with Crippen molar-refractivity contribution in [2.24, 2.45) is 0 Å². The van der Waals surface area contributed by atoms with E-state index in [1.54, 1.807) is 39.3 Å². The SMILES string of the molecule is CCCCOC(=O)C1=C(C)NC2=C(C(=O)C[C@H](c3ccc(OC)c(OC)c3)C2)[C@@H]1c1ccccc1F. The first kappa shape index (κ1) is 25.5. The molecule has 0 amide bonds.